The number of nitrogen functional groups attached to an aromatic ring is 1. The predicted molar refractivity (Wildman–Crippen MR) is 115 cm³/mol. The highest BCUT2D eigenvalue weighted by Gasteiger charge is 2.32. The van der Waals surface area contributed by atoms with Crippen LogP contribution >= 0.6 is 0 Å². The molecule has 1 saturated heterocycles. The van der Waals surface area contributed by atoms with Crippen molar-refractivity contribution >= 4 is 17.3 Å². The number of amidine groups is 1. The lowest BCUT2D eigenvalue weighted by Crippen LogP contribution is -2.44. The highest BCUT2D eigenvalue weighted by atomic mass is 19.2. The van der Waals surface area contributed by atoms with Gasteiger partial charge in [-0.25, -0.2) is 29.3 Å². The number of hydrogen-bond acceptors (Lipinski definition) is 9. The molecule has 0 bridgehead atoms. The van der Waals surface area contributed by atoms with E-state index in [0.717, 1.165) is 37.6 Å². The molecule has 1 aromatic carbocycles. The molecule has 3 aromatic rings. The first-order valence-electron chi connectivity index (χ1n) is 10.2. The Morgan fingerprint density at radius 1 is 1.22 bits per heavy atom. The standard InChI is InChI=1S/C20H22F2N10/c1-30-29-28-20(32(30)16-6-2-5-14(21)17(16)22)18-19(23)25-10-15(27-18)12-8-26-31(11-12)13-4-3-7-24-9-13/h2,5-6,8,10-11,13,24,29H,3-4,7,9H2,1H3,(H2,23,25). The van der Waals surface area contributed by atoms with Crippen LogP contribution in [0.3, 0.4) is 0 Å². The predicted octanol–water partition coefficient (Wildman–Crippen LogP) is 1.66. The quantitative estimate of drug-likeness (QED) is 0.562. The number of nitrogens with one attached hydrogen (secondary N) is 2. The molecule has 1 unspecified atom stereocenters. The van der Waals surface area contributed by atoms with Crippen LogP contribution in [0.15, 0.2) is 41.9 Å². The molecule has 4 heterocycles. The van der Waals surface area contributed by atoms with E-state index in [2.05, 4.69) is 31.0 Å². The maximum atomic E-state index is 14.5. The summed E-state index contributed by atoms with van der Waals surface area (Å²) in [6.07, 6.45) is 7.35. The number of benzene rings is 1. The molecule has 2 aliphatic rings. The third-order valence-corrected chi connectivity index (χ3v) is 5.52. The largest absolute Gasteiger partial charge is 0.382 e. The van der Waals surface area contributed by atoms with Crippen molar-refractivity contribution < 1.29 is 8.78 Å². The van der Waals surface area contributed by atoms with Crippen molar-refractivity contribution in [3.8, 4) is 11.3 Å². The summed E-state index contributed by atoms with van der Waals surface area (Å²) in [5.41, 5.74) is 10.3. The summed E-state index contributed by atoms with van der Waals surface area (Å²) in [5, 5.41) is 14.8. The van der Waals surface area contributed by atoms with E-state index in [1.54, 1.807) is 19.4 Å². The molecule has 0 aliphatic carbocycles. The third kappa shape index (κ3) is 3.52. The van der Waals surface area contributed by atoms with Crippen molar-refractivity contribution in [3.05, 3.63) is 54.1 Å². The van der Waals surface area contributed by atoms with Gasteiger partial charge in [-0.2, -0.15) is 5.10 Å². The fraction of sp³-hybridized carbons (Fsp3) is 0.300. The highest BCUT2D eigenvalue weighted by molar-refractivity contribution is 6.11. The zero-order chi connectivity index (χ0) is 22.2. The maximum Gasteiger partial charge on any atom is 0.200 e. The Morgan fingerprint density at radius 3 is 2.91 bits per heavy atom. The van der Waals surface area contributed by atoms with Gasteiger partial charge in [0.05, 0.1) is 24.1 Å². The number of rotatable bonds is 4. The first kappa shape index (κ1) is 20.3. The molecule has 2 aromatic heterocycles. The van der Waals surface area contributed by atoms with Crippen LogP contribution in [0.5, 0.6) is 0 Å². The minimum atomic E-state index is -1.01. The van der Waals surface area contributed by atoms with Crippen molar-refractivity contribution in [2.45, 2.75) is 18.9 Å². The molecule has 5 rings (SSSR count). The average Bonchev–Trinajstić information content (AvgIpc) is 3.44. The summed E-state index contributed by atoms with van der Waals surface area (Å²) in [6, 6.07) is 4.18. The van der Waals surface area contributed by atoms with Gasteiger partial charge in [-0.05, 0) is 31.5 Å². The molecule has 0 radical (unpaired) electrons. The van der Waals surface area contributed by atoms with Gasteiger partial charge in [0.25, 0.3) is 0 Å². The Bertz CT molecular complexity index is 1170. The molecular weight excluding hydrogens is 418 g/mol. The van der Waals surface area contributed by atoms with Gasteiger partial charge in [0, 0.05) is 25.4 Å². The second kappa shape index (κ2) is 8.13. The van der Waals surface area contributed by atoms with Crippen molar-refractivity contribution in [1.82, 2.24) is 35.7 Å². The van der Waals surface area contributed by atoms with E-state index in [0.29, 0.717) is 5.69 Å². The van der Waals surface area contributed by atoms with Crippen LogP contribution in [0.4, 0.5) is 20.3 Å². The topological polar surface area (TPSA) is 113 Å². The number of halogens is 2. The average molecular weight is 440 g/mol. The normalized spacial score (nSPS) is 19.2. The summed E-state index contributed by atoms with van der Waals surface area (Å²) in [4.78, 5) is 8.89. The van der Waals surface area contributed by atoms with Gasteiger partial charge in [0.1, 0.15) is 5.69 Å². The van der Waals surface area contributed by atoms with E-state index in [-0.39, 0.29) is 29.1 Å². The van der Waals surface area contributed by atoms with Crippen LogP contribution in [0.25, 0.3) is 11.3 Å². The lowest BCUT2D eigenvalue weighted by atomic mass is 10.1. The Balaban J connectivity index is 1.50. The minimum Gasteiger partial charge on any atom is -0.382 e. The number of anilines is 2. The van der Waals surface area contributed by atoms with Crippen LogP contribution in [0.2, 0.25) is 0 Å². The molecule has 1 fully saturated rings. The number of aromatic nitrogens is 4. The Morgan fingerprint density at radius 2 is 2.09 bits per heavy atom. The Labute approximate surface area is 182 Å². The van der Waals surface area contributed by atoms with E-state index in [4.69, 9.17) is 5.73 Å². The van der Waals surface area contributed by atoms with Gasteiger partial charge in [0.15, 0.2) is 23.1 Å². The zero-order valence-corrected chi connectivity index (χ0v) is 17.3. The number of piperidine rings is 1. The number of hydrazone groups is 1. The minimum absolute atomic E-state index is 0.0412. The molecule has 1 atom stereocenters. The van der Waals surface area contributed by atoms with Crippen LogP contribution in [-0.2, 0) is 0 Å². The van der Waals surface area contributed by atoms with Crippen molar-refractivity contribution in [2.24, 2.45) is 5.10 Å². The second-order valence-corrected chi connectivity index (χ2v) is 7.64. The molecule has 10 nitrogen and oxygen atoms in total. The van der Waals surface area contributed by atoms with Crippen molar-refractivity contribution in [1.29, 1.82) is 0 Å². The number of hydrazine groups is 2. The Hall–Kier alpha value is -3.64. The molecule has 0 saturated carbocycles. The summed E-state index contributed by atoms with van der Waals surface area (Å²) < 4.78 is 30.3. The van der Waals surface area contributed by atoms with Crippen LogP contribution in [0, 0.1) is 11.6 Å². The van der Waals surface area contributed by atoms with Gasteiger partial charge in [-0.15, -0.1) is 10.2 Å². The number of hydrogen-bond donors (Lipinski definition) is 3. The first-order chi connectivity index (χ1) is 15.5. The summed E-state index contributed by atoms with van der Waals surface area (Å²) in [6.45, 7) is 1.88. The van der Waals surface area contributed by atoms with Gasteiger partial charge in [0.2, 0.25) is 5.84 Å². The first-order valence-corrected chi connectivity index (χ1v) is 10.2. The summed E-state index contributed by atoms with van der Waals surface area (Å²) in [7, 11) is 1.61. The van der Waals surface area contributed by atoms with Crippen LogP contribution in [-0.4, -0.2) is 50.8 Å². The van der Waals surface area contributed by atoms with Crippen molar-refractivity contribution in [2.75, 3.05) is 30.9 Å². The number of nitrogens with zero attached hydrogens (tertiary/aromatic N) is 7. The van der Waals surface area contributed by atoms with Crippen molar-refractivity contribution in [3.63, 3.8) is 0 Å². The molecule has 2 aliphatic heterocycles. The highest BCUT2D eigenvalue weighted by Crippen LogP contribution is 2.28. The van der Waals surface area contributed by atoms with Gasteiger partial charge >= 0.3 is 0 Å². The van der Waals surface area contributed by atoms with Gasteiger partial charge in [-0.3, -0.25) is 4.68 Å². The fourth-order valence-corrected chi connectivity index (χ4v) is 3.87. The van der Waals surface area contributed by atoms with Crippen LogP contribution < -0.4 is 21.6 Å². The monoisotopic (exact) mass is 440 g/mol. The smallest absolute Gasteiger partial charge is 0.200 e. The lowest BCUT2D eigenvalue weighted by Gasteiger charge is -2.26. The number of nitrogens with two attached hydrogens (primary N) is 1. The summed E-state index contributed by atoms with van der Waals surface area (Å²) in [5.74, 6) is -1.69. The SMILES string of the molecule is CN1NN=C(c2nc(-c3cnn(C4CCCNC4)c3)cnc2N)N1c1cccc(F)c1F. The van der Waals surface area contributed by atoms with E-state index < -0.39 is 11.6 Å². The van der Waals surface area contributed by atoms with E-state index >= 15 is 0 Å². The second-order valence-electron chi connectivity index (χ2n) is 7.64. The summed E-state index contributed by atoms with van der Waals surface area (Å²) >= 11 is 0. The fourth-order valence-electron chi connectivity index (χ4n) is 3.87. The molecule has 32 heavy (non-hydrogen) atoms. The van der Waals surface area contributed by atoms with Gasteiger partial charge < -0.3 is 11.1 Å². The van der Waals surface area contributed by atoms with E-state index in [1.165, 1.54) is 22.3 Å². The van der Waals surface area contributed by atoms with E-state index in [1.807, 2.05) is 10.9 Å². The lowest BCUT2D eigenvalue weighted by molar-refractivity contribution is 0.275. The molecule has 0 amide bonds. The van der Waals surface area contributed by atoms with E-state index in [9.17, 15) is 8.78 Å². The third-order valence-electron chi connectivity index (χ3n) is 5.52. The van der Waals surface area contributed by atoms with Crippen LogP contribution in [0.1, 0.15) is 24.6 Å². The molecular formula is C20H22F2N10. The zero-order valence-electron chi connectivity index (χ0n) is 17.3. The molecule has 0 spiro atoms. The molecule has 166 valence electrons. The van der Waals surface area contributed by atoms with Gasteiger partial charge in [-0.1, -0.05) is 6.07 Å². The molecule has 12 heteroatoms. The Kier molecular flexibility index (Phi) is 5.15. The molecule has 4 N–H and O–H groups in total. The maximum absolute atomic E-state index is 14.5.